The van der Waals surface area contributed by atoms with Gasteiger partial charge in [-0.05, 0) is 49.5 Å². The van der Waals surface area contributed by atoms with Crippen molar-refractivity contribution >= 4 is 16.9 Å². The number of nitrogens with zero attached hydrogens (tertiary/aromatic N) is 3. The second kappa shape index (κ2) is 8.20. The van der Waals surface area contributed by atoms with Gasteiger partial charge in [-0.2, -0.15) is 5.10 Å². The van der Waals surface area contributed by atoms with Crippen LogP contribution in [0.15, 0.2) is 48.5 Å². The maximum absolute atomic E-state index is 12.5. The monoisotopic (exact) mass is 404 g/mol. The van der Waals surface area contributed by atoms with Crippen molar-refractivity contribution in [3.63, 3.8) is 0 Å². The Hall–Kier alpha value is -2.70. The van der Waals surface area contributed by atoms with Gasteiger partial charge in [0.1, 0.15) is 0 Å². The summed E-state index contributed by atoms with van der Waals surface area (Å²) in [5.41, 5.74) is 3.65. The molecule has 6 nitrogen and oxygen atoms in total. The van der Waals surface area contributed by atoms with Crippen LogP contribution >= 0.6 is 0 Å². The summed E-state index contributed by atoms with van der Waals surface area (Å²) >= 11 is 0. The van der Waals surface area contributed by atoms with E-state index in [0.29, 0.717) is 24.7 Å². The minimum atomic E-state index is -0.316. The molecule has 3 fully saturated rings. The number of carbonyl (C=O) groups excluding carboxylic acids is 1. The Balaban J connectivity index is 1.48. The quantitative estimate of drug-likeness (QED) is 0.640. The molecule has 3 saturated heterocycles. The lowest BCUT2D eigenvalue weighted by molar-refractivity contribution is 0.0603. The molecular formula is C24H28N4O2. The van der Waals surface area contributed by atoms with Crippen LogP contribution in [0.4, 0.5) is 0 Å². The van der Waals surface area contributed by atoms with Gasteiger partial charge in [0.25, 0.3) is 0 Å². The lowest BCUT2D eigenvalue weighted by atomic mass is 9.84. The molecule has 3 aliphatic heterocycles. The smallest absolute Gasteiger partial charge is 0.338 e. The van der Waals surface area contributed by atoms with Crippen LogP contribution in [-0.2, 0) is 17.8 Å². The number of esters is 1. The van der Waals surface area contributed by atoms with Gasteiger partial charge in [-0.15, -0.1) is 0 Å². The number of ether oxygens (including phenoxy) is 1. The highest BCUT2D eigenvalue weighted by molar-refractivity contribution is 6.04. The average Bonchev–Trinajstić information content (AvgIpc) is 3.16. The van der Waals surface area contributed by atoms with Crippen LogP contribution in [0.5, 0.6) is 0 Å². The molecule has 6 heteroatoms. The standard InChI is InChI=1S/C24H28N4O2/c1-30-24(29)19-8-5-9-22-23(19)20(26-28(22)15-17-6-3-2-4-7-17)14-25-21-16-27-12-10-18(21)11-13-27/h2-9,18,21,25H,10-16H2,1H3. The molecule has 0 saturated carbocycles. The zero-order valence-corrected chi connectivity index (χ0v) is 17.4. The first kappa shape index (κ1) is 19.3. The summed E-state index contributed by atoms with van der Waals surface area (Å²) in [5, 5.41) is 9.59. The third-order valence-corrected chi connectivity index (χ3v) is 6.62. The number of benzene rings is 2. The van der Waals surface area contributed by atoms with Gasteiger partial charge < -0.3 is 15.0 Å². The van der Waals surface area contributed by atoms with Crippen molar-refractivity contribution < 1.29 is 9.53 Å². The van der Waals surface area contributed by atoms with Gasteiger partial charge >= 0.3 is 5.97 Å². The van der Waals surface area contributed by atoms with Crippen LogP contribution < -0.4 is 5.32 Å². The maximum atomic E-state index is 12.5. The van der Waals surface area contributed by atoms with Crippen molar-refractivity contribution in [2.45, 2.75) is 32.0 Å². The number of rotatable bonds is 6. The predicted octanol–water partition coefficient (Wildman–Crippen LogP) is 3.06. The van der Waals surface area contributed by atoms with E-state index in [-0.39, 0.29) is 5.97 Å². The van der Waals surface area contributed by atoms with Crippen LogP contribution in [0, 0.1) is 5.92 Å². The molecule has 1 N–H and O–H groups in total. The van der Waals surface area contributed by atoms with Crippen molar-refractivity contribution in [2.75, 3.05) is 26.7 Å². The summed E-state index contributed by atoms with van der Waals surface area (Å²) in [5.74, 6) is 0.427. The second-order valence-corrected chi connectivity index (χ2v) is 8.41. The van der Waals surface area contributed by atoms with Gasteiger partial charge in [-0.25, -0.2) is 4.79 Å². The minimum absolute atomic E-state index is 0.316. The molecule has 1 atom stereocenters. The van der Waals surface area contributed by atoms with Gasteiger partial charge in [0.2, 0.25) is 0 Å². The molecule has 1 aromatic heterocycles. The number of methoxy groups -OCH3 is 1. The summed E-state index contributed by atoms with van der Waals surface area (Å²) in [7, 11) is 1.43. The van der Waals surface area contributed by atoms with Gasteiger partial charge in [0.15, 0.2) is 0 Å². The molecule has 0 radical (unpaired) electrons. The van der Waals surface area contributed by atoms with Gasteiger partial charge in [-0.3, -0.25) is 4.68 Å². The summed E-state index contributed by atoms with van der Waals surface area (Å²) in [4.78, 5) is 15.0. The highest BCUT2D eigenvalue weighted by Gasteiger charge is 2.34. The molecule has 0 aliphatic carbocycles. The second-order valence-electron chi connectivity index (χ2n) is 8.41. The van der Waals surface area contributed by atoms with Crippen molar-refractivity contribution in [2.24, 2.45) is 5.92 Å². The van der Waals surface area contributed by atoms with Crippen molar-refractivity contribution in [3.8, 4) is 0 Å². The molecule has 2 bridgehead atoms. The van der Waals surface area contributed by atoms with E-state index in [1.807, 2.05) is 41.1 Å². The topological polar surface area (TPSA) is 59.4 Å². The zero-order valence-electron chi connectivity index (χ0n) is 17.4. The van der Waals surface area contributed by atoms with Crippen LogP contribution in [-0.4, -0.2) is 53.4 Å². The highest BCUT2D eigenvalue weighted by atomic mass is 16.5. The first-order valence-electron chi connectivity index (χ1n) is 10.8. The van der Waals surface area contributed by atoms with E-state index in [0.717, 1.165) is 29.1 Å². The predicted molar refractivity (Wildman–Crippen MR) is 116 cm³/mol. The zero-order chi connectivity index (χ0) is 20.5. The molecule has 3 aliphatic rings. The van der Waals surface area contributed by atoms with Gasteiger partial charge in [0, 0.05) is 24.5 Å². The molecule has 4 heterocycles. The Morgan fingerprint density at radius 2 is 1.93 bits per heavy atom. The van der Waals surface area contributed by atoms with Crippen molar-refractivity contribution in [1.29, 1.82) is 0 Å². The Bertz CT molecular complexity index is 1040. The third-order valence-electron chi connectivity index (χ3n) is 6.62. The largest absolute Gasteiger partial charge is 0.465 e. The van der Waals surface area contributed by atoms with Crippen LogP contribution in [0.3, 0.4) is 0 Å². The van der Waals surface area contributed by atoms with Crippen LogP contribution in [0.25, 0.3) is 10.9 Å². The Morgan fingerprint density at radius 3 is 2.63 bits per heavy atom. The number of hydrogen-bond donors (Lipinski definition) is 1. The summed E-state index contributed by atoms with van der Waals surface area (Å²) in [6, 6.07) is 16.6. The average molecular weight is 405 g/mol. The van der Waals surface area contributed by atoms with E-state index >= 15 is 0 Å². The molecule has 156 valence electrons. The molecule has 0 spiro atoms. The van der Waals surface area contributed by atoms with Crippen LogP contribution in [0.2, 0.25) is 0 Å². The molecule has 2 aromatic carbocycles. The number of carbonyl (C=O) groups is 1. The first-order chi connectivity index (χ1) is 14.7. The molecule has 0 amide bonds. The van der Waals surface area contributed by atoms with E-state index in [4.69, 9.17) is 9.84 Å². The van der Waals surface area contributed by atoms with E-state index < -0.39 is 0 Å². The minimum Gasteiger partial charge on any atom is -0.465 e. The number of aromatic nitrogens is 2. The van der Waals surface area contributed by atoms with E-state index in [2.05, 4.69) is 22.3 Å². The summed E-state index contributed by atoms with van der Waals surface area (Å²) in [6.45, 7) is 4.88. The Kier molecular flexibility index (Phi) is 5.27. The summed E-state index contributed by atoms with van der Waals surface area (Å²) in [6.07, 6.45) is 2.54. The van der Waals surface area contributed by atoms with Gasteiger partial charge in [-0.1, -0.05) is 36.4 Å². The number of fused-ring (bicyclic) bond motifs is 4. The fourth-order valence-corrected chi connectivity index (χ4v) is 5.01. The molecular weight excluding hydrogens is 376 g/mol. The fourth-order valence-electron chi connectivity index (χ4n) is 5.01. The highest BCUT2D eigenvalue weighted by Crippen LogP contribution is 2.29. The lowest BCUT2D eigenvalue weighted by Crippen LogP contribution is -2.55. The lowest BCUT2D eigenvalue weighted by Gasteiger charge is -2.45. The van der Waals surface area contributed by atoms with E-state index in [9.17, 15) is 4.79 Å². The van der Waals surface area contributed by atoms with Crippen LogP contribution in [0.1, 0.15) is 34.5 Å². The van der Waals surface area contributed by atoms with Gasteiger partial charge in [0.05, 0.1) is 30.4 Å². The summed E-state index contributed by atoms with van der Waals surface area (Å²) < 4.78 is 7.06. The van der Waals surface area contributed by atoms with Crippen molar-refractivity contribution in [1.82, 2.24) is 20.0 Å². The number of hydrogen-bond acceptors (Lipinski definition) is 5. The Labute approximate surface area is 176 Å². The number of nitrogens with one attached hydrogen (secondary N) is 1. The maximum Gasteiger partial charge on any atom is 0.338 e. The molecule has 3 aromatic rings. The SMILES string of the molecule is COC(=O)c1cccc2c1c(CNC1CN3CCC1CC3)nn2Cc1ccccc1. The third kappa shape index (κ3) is 3.61. The molecule has 30 heavy (non-hydrogen) atoms. The van der Waals surface area contributed by atoms with Crippen molar-refractivity contribution in [3.05, 3.63) is 65.4 Å². The first-order valence-corrected chi connectivity index (χ1v) is 10.8. The van der Waals surface area contributed by atoms with E-state index in [1.165, 1.54) is 38.6 Å². The molecule has 6 rings (SSSR count). The van der Waals surface area contributed by atoms with E-state index in [1.54, 1.807) is 0 Å². The molecule has 1 unspecified atom stereocenters. The number of piperidine rings is 3. The Morgan fingerprint density at radius 1 is 1.13 bits per heavy atom. The normalized spacial score (nSPS) is 23.0. The fraction of sp³-hybridized carbons (Fsp3) is 0.417.